The first-order valence-corrected chi connectivity index (χ1v) is 13.8. The van der Waals surface area contributed by atoms with Gasteiger partial charge < -0.3 is 15.0 Å². The van der Waals surface area contributed by atoms with Crippen molar-refractivity contribution < 1.29 is 9.90 Å². The van der Waals surface area contributed by atoms with Gasteiger partial charge in [0.25, 0.3) is 5.91 Å². The molecule has 3 unspecified atom stereocenters. The Morgan fingerprint density at radius 2 is 1.92 bits per heavy atom. The van der Waals surface area contributed by atoms with Gasteiger partial charge in [-0.25, -0.2) is 4.98 Å². The van der Waals surface area contributed by atoms with E-state index in [0.29, 0.717) is 23.3 Å². The maximum atomic E-state index is 12.7. The Hall–Kier alpha value is -2.80. The molecule has 196 valence electrons. The number of aromatic nitrogens is 4. The van der Waals surface area contributed by atoms with E-state index < -0.39 is 5.60 Å². The highest BCUT2D eigenvalue weighted by atomic mass is 16.3. The number of hydrogen-bond donors (Lipinski definition) is 2. The topological polar surface area (TPSA) is 92.9 Å². The zero-order valence-electron chi connectivity index (χ0n) is 22.4. The third kappa shape index (κ3) is 3.97. The van der Waals surface area contributed by atoms with Crippen LogP contribution in [0.3, 0.4) is 0 Å². The van der Waals surface area contributed by atoms with Gasteiger partial charge >= 0.3 is 0 Å². The molecule has 2 aromatic heterocycles. The second kappa shape index (κ2) is 8.62. The van der Waals surface area contributed by atoms with Crippen LogP contribution >= 0.6 is 0 Å². The number of imidazole rings is 1. The van der Waals surface area contributed by atoms with Crippen molar-refractivity contribution in [3.63, 3.8) is 0 Å². The minimum Gasteiger partial charge on any atom is -0.384 e. The molecule has 2 saturated carbocycles. The fourth-order valence-electron chi connectivity index (χ4n) is 8.19. The molecule has 7 heteroatoms. The highest BCUT2D eigenvalue weighted by Gasteiger charge is 2.57. The van der Waals surface area contributed by atoms with E-state index in [1.807, 2.05) is 12.5 Å². The highest BCUT2D eigenvalue weighted by molar-refractivity contribution is 5.93. The van der Waals surface area contributed by atoms with Crippen LogP contribution < -0.4 is 5.32 Å². The quantitative estimate of drug-likeness (QED) is 0.568. The van der Waals surface area contributed by atoms with Crippen LogP contribution in [0.15, 0.2) is 48.7 Å². The van der Waals surface area contributed by atoms with E-state index in [9.17, 15) is 9.90 Å². The number of nitrogens with one attached hydrogen (secondary N) is 1. The van der Waals surface area contributed by atoms with Crippen molar-refractivity contribution in [1.29, 1.82) is 0 Å². The third-order valence-electron chi connectivity index (χ3n) is 10.3. The van der Waals surface area contributed by atoms with Gasteiger partial charge in [-0.2, -0.15) is 10.2 Å². The van der Waals surface area contributed by atoms with E-state index in [-0.39, 0.29) is 22.8 Å². The zero-order chi connectivity index (χ0) is 26.0. The lowest BCUT2D eigenvalue weighted by Crippen LogP contribution is -2.51. The van der Waals surface area contributed by atoms with Crippen LogP contribution in [0.25, 0.3) is 5.70 Å². The number of nitrogens with zero attached hydrogens (tertiary/aromatic N) is 4. The monoisotopic (exact) mass is 501 g/mol. The molecule has 4 aliphatic carbocycles. The van der Waals surface area contributed by atoms with Gasteiger partial charge in [0.15, 0.2) is 0 Å². The first kappa shape index (κ1) is 24.5. The van der Waals surface area contributed by atoms with Crippen molar-refractivity contribution >= 4 is 11.6 Å². The molecule has 0 bridgehead atoms. The van der Waals surface area contributed by atoms with Crippen molar-refractivity contribution in [2.24, 2.45) is 28.6 Å². The molecule has 37 heavy (non-hydrogen) atoms. The fraction of sp³-hybridized carbons (Fsp3) is 0.600. The molecule has 0 saturated heterocycles. The standard InChI is InChI=1S/C30H39N5O2/c1-28(2,37)25-17-35(18-31-25)26-8-7-23-22-6-5-20-15-21(34-27(36)19-11-14-32-33-16-19)9-12-29(20,3)24(22)10-13-30(23,26)4/h5,8,11,14,16-18,21-24,37H,6-7,9-10,12-13,15H2,1-4H3,(H,34,36)/t21-,22?,23?,24?,29-,30-/m0/s1. The summed E-state index contributed by atoms with van der Waals surface area (Å²) >= 11 is 0. The van der Waals surface area contributed by atoms with E-state index in [2.05, 4.69) is 51.1 Å². The van der Waals surface area contributed by atoms with Crippen LogP contribution in [0.1, 0.15) is 88.7 Å². The van der Waals surface area contributed by atoms with E-state index in [0.717, 1.165) is 37.8 Å². The van der Waals surface area contributed by atoms with Crippen LogP contribution in [-0.2, 0) is 5.60 Å². The van der Waals surface area contributed by atoms with Crippen LogP contribution in [0.5, 0.6) is 0 Å². The average Bonchev–Trinajstić information content (AvgIpc) is 3.49. The summed E-state index contributed by atoms with van der Waals surface area (Å²) in [5.41, 5.74) is 3.61. The molecule has 1 amide bonds. The Morgan fingerprint density at radius 3 is 2.65 bits per heavy atom. The van der Waals surface area contributed by atoms with Crippen LogP contribution in [0, 0.1) is 28.6 Å². The molecular weight excluding hydrogens is 462 g/mol. The first-order valence-electron chi connectivity index (χ1n) is 13.8. The van der Waals surface area contributed by atoms with Gasteiger partial charge in [-0.1, -0.05) is 31.6 Å². The summed E-state index contributed by atoms with van der Waals surface area (Å²) in [5, 5.41) is 21.3. The first-order chi connectivity index (χ1) is 17.6. The number of amides is 1. The zero-order valence-corrected chi connectivity index (χ0v) is 22.4. The van der Waals surface area contributed by atoms with Crippen molar-refractivity contribution in [3.05, 3.63) is 60.0 Å². The largest absolute Gasteiger partial charge is 0.384 e. The van der Waals surface area contributed by atoms with Gasteiger partial charge in [-0.3, -0.25) is 4.79 Å². The van der Waals surface area contributed by atoms with Crippen molar-refractivity contribution in [2.45, 2.75) is 84.3 Å². The molecule has 0 aromatic carbocycles. The molecule has 6 atom stereocenters. The van der Waals surface area contributed by atoms with Crippen molar-refractivity contribution in [2.75, 3.05) is 0 Å². The lowest BCUT2D eigenvalue weighted by molar-refractivity contribution is -0.0137. The summed E-state index contributed by atoms with van der Waals surface area (Å²) in [5.74, 6) is 1.94. The summed E-state index contributed by atoms with van der Waals surface area (Å²) in [6.45, 7) is 8.54. The molecule has 6 rings (SSSR count). The van der Waals surface area contributed by atoms with E-state index in [1.165, 1.54) is 24.7 Å². The van der Waals surface area contributed by atoms with Gasteiger partial charge in [-0.05, 0) is 88.0 Å². The predicted octanol–water partition coefficient (Wildman–Crippen LogP) is 5.11. The van der Waals surface area contributed by atoms with Crippen LogP contribution in [0.2, 0.25) is 0 Å². The van der Waals surface area contributed by atoms with Gasteiger partial charge in [0.2, 0.25) is 0 Å². The van der Waals surface area contributed by atoms with Gasteiger partial charge in [0, 0.05) is 23.4 Å². The molecule has 2 aromatic rings. The Bertz CT molecular complexity index is 1260. The SMILES string of the molecule is CC(C)(O)c1cn(C2=CCC3C4CC=C5C[C@@H](NC(=O)c6ccnnc6)CC[C@]5(C)C4CC[C@]23C)cn1. The van der Waals surface area contributed by atoms with Crippen molar-refractivity contribution in [3.8, 4) is 0 Å². The minimum absolute atomic E-state index is 0.0528. The van der Waals surface area contributed by atoms with E-state index in [1.54, 1.807) is 31.7 Å². The molecule has 0 radical (unpaired) electrons. The molecule has 0 spiro atoms. The molecular formula is C30H39N5O2. The summed E-state index contributed by atoms with van der Waals surface area (Å²) in [4.78, 5) is 17.2. The smallest absolute Gasteiger partial charge is 0.253 e. The number of fused-ring (bicyclic) bond motifs is 5. The Morgan fingerprint density at radius 1 is 1.11 bits per heavy atom. The summed E-state index contributed by atoms with van der Waals surface area (Å²) in [6, 6.07) is 1.90. The maximum Gasteiger partial charge on any atom is 0.253 e. The molecule has 2 fully saturated rings. The second-order valence-electron chi connectivity index (χ2n) is 12.8. The second-order valence-corrected chi connectivity index (χ2v) is 12.8. The highest BCUT2D eigenvalue weighted by Crippen LogP contribution is 2.65. The molecule has 4 aliphatic rings. The summed E-state index contributed by atoms with van der Waals surface area (Å²) in [7, 11) is 0. The predicted molar refractivity (Wildman–Crippen MR) is 142 cm³/mol. The van der Waals surface area contributed by atoms with Crippen LogP contribution in [-0.4, -0.2) is 36.8 Å². The van der Waals surface area contributed by atoms with E-state index >= 15 is 0 Å². The number of rotatable bonds is 4. The van der Waals surface area contributed by atoms with Crippen LogP contribution in [0.4, 0.5) is 0 Å². The summed E-state index contributed by atoms with van der Waals surface area (Å²) < 4.78 is 2.17. The minimum atomic E-state index is -0.935. The van der Waals surface area contributed by atoms with Gasteiger partial charge in [-0.15, -0.1) is 0 Å². The Labute approximate surface area is 219 Å². The lowest BCUT2D eigenvalue weighted by Gasteiger charge is -2.58. The molecule has 2 heterocycles. The number of carbonyl (C=O) groups is 1. The summed E-state index contributed by atoms with van der Waals surface area (Å²) in [6.07, 6.45) is 19.7. The normalized spacial score (nSPS) is 35.1. The number of carbonyl (C=O) groups excluding carboxylic acids is 1. The number of allylic oxidation sites excluding steroid dienone is 3. The molecule has 7 nitrogen and oxygen atoms in total. The van der Waals surface area contributed by atoms with Crippen molar-refractivity contribution in [1.82, 2.24) is 25.1 Å². The Balaban J connectivity index is 1.19. The number of aliphatic hydroxyl groups is 1. The number of hydrogen-bond acceptors (Lipinski definition) is 5. The van der Waals surface area contributed by atoms with Gasteiger partial charge in [0.05, 0.1) is 30.0 Å². The maximum absolute atomic E-state index is 12.7. The average molecular weight is 502 g/mol. The lowest BCUT2D eigenvalue weighted by atomic mass is 9.47. The fourth-order valence-corrected chi connectivity index (χ4v) is 8.19. The van der Waals surface area contributed by atoms with E-state index in [4.69, 9.17) is 0 Å². The Kier molecular flexibility index (Phi) is 5.71. The molecule has 0 aliphatic heterocycles. The third-order valence-corrected chi connectivity index (χ3v) is 10.3. The molecule has 2 N–H and O–H groups in total. The van der Waals surface area contributed by atoms with Gasteiger partial charge in [0.1, 0.15) is 5.60 Å².